The number of ether oxygens (including phenoxy) is 1. The van der Waals surface area contributed by atoms with Crippen LogP contribution in [-0.4, -0.2) is 13.7 Å². The molecule has 0 aromatic heterocycles. The second-order valence-corrected chi connectivity index (χ2v) is 3.82. The lowest BCUT2D eigenvalue weighted by molar-refractivity contribution is 0.379. The zero-order valence-corrected chi connectivity index (χ0v) is 9.74. The van der Waals surface area contributed by atoms with E-state index in [0.717, 1.165) is 6.42 Å². The first-order valence-corrected chi connectivity index (χ1v) is 5.43. The average molecular weight is 226 g/mol. The number of halogens is 1. The molecule has 4 N–H and O–H groups in total. The molecule has 0 amide bonds. The van der Waals surface area contributed by atoms with E-state index >= 15 is 0 Å². The van der Waals surface area contributed by atoms with Gasteiger partial charge < -0.3 is 16.2 Å². The summed E-state index contributed by atoms with van der Waals surface area (Å²) in [6.45, 7) is 2.50. The molecule has 1 rings (SSSR count). The van der Waals surface area contributed by atoms with Gasteiger partial charge in [0.05, 0.1) is 7.11 Å². The van der Waals surface area contributed by atoms with Gasteiger partial charge in [-0.05, 0) is 30.7 Å². The van der Waals surface area contributed by atoms with Crippen LogP contribution in [0, 0.1) is 11.7 Å². The van der Waals surface area contributed by atoms with Gasteiger partial charge >= 0.3 is 0 Å². The van der Waals surface area contributed by atoms with Crippen LogP contribution in [-0.2, 0) is 0 Å². The third kappa shape index (κ3) is 2.71. The van der Waals surface area contributed by atoms with E-state index in [1.54, 1.807) is 13.2 Å². The second kappa shape index (κ2) is 5.82. The number of hydrogen-bond acceptors (Lipinski definition) is 3. The van der Waals surface area contributed by atoms with E-state index in [1.807, 2.05) is 6.92 Å². The molecule has 2 unspecified atom stereocenters. The molecule has 0 aliphatic heterocycles. The highest BCUT2D eigenvalue weighted by molar-refractivity contribution is 5.36. The van der Waals surface area contributed by atoms with Crippen LogP contribution in [0.1, 0.15) is 24.9 Å². The summed E-state index contributed by atoms with van der Waals surface area (Å²) in [5.41, 5.74) is 12.4. The van der Waals surface area contributed by atoms with Gasteiger partial charge in [0.15, 0.2) is 0 Å². The lowest BCUT2D eigenvalue weighted by Crippen LogP contribution is -2.27. The lowest BCUT2D eigenvalue weighted by atomic mass is 9.91. The Hall–Kier alpha value is -1.13. The van der Waals surface area contributed by atoms with Crippen LogP contribution in [0.4, 0.5) is 4.39 Å². The van der Waals surface area contributed by atoms with E-state index in [2.05, 4.69) is 0 Å². The molecular weight excluding hydrogens is 207 g/mol. The van der Waals surface area contributed by atoms with E-state index in [4.69, 9.17) is 16.2 Å². The van der Waals surface area contributed by atoms with E-state index in [-0.39, 0.29) is 17.8 Å². The molecule has 0 spiro atoms. The first-order valence-electron chi connectivity index (χ1n) is 5.43. The van der Waals surface area contributed by atoms with Crippen molar-refractivity contribution in [3.8, 4) is 5.75 Å². The van der Waals surface area contributed by atoms with Gasteiger partial charge in [0.1, 0.15) is 11.6 Å². The molecule has 0 fully saturated rings. The van der Waals surface area contributed by atoms with Gasteiger partial charge in [-0.15, -0.1) is 0 Å². The first-order chi connectivity index (χ1) is 7.63. The smallest absolute Gasteiger partial charge is 0.123 e. The van der Waals surface area contributed by atoms with Crippen molar-refractivity contribution in [2.24, 2.45) is 17.4 Å². The lowest BCUT2D eigenvalue weighted by Gasteiger charge is -2.23. The number of benzene rings is 1. The molecule has 0 aliphatic carbocycles. The standard InChI is InChI=1S/C12H19FN2O/c1-3-8(7-14)12(15)10-6-9(13)4-5-11(10)16-2/h4-6,8,12H,3,7,14-15H2,1-2H3. The van der Waals surface area contributed by atoms with Crippen LogP contribution in [0.5, 0.6) is 5.75 Å². The van der Waals surface area contributed by atoms with Crippen LogP contribution >= 0.6 is 0 Å². The third-order valence-corrected chi connectivity index (χ3v) is 2.89. The van der Waals surface area contributed by atoms with Crippen molar-refractivity contribution in [3.63, 3.8) is 0 Å². The largest absolute Gasteiger partial charge is 0.496 e. The Morgan fingerprint density at radius 3 is 2.62 bits per heavy atom. The molecule has 1 aromatic rings. The second-order valence-electron chi connectivity index (χ2n) is 3.82. The minimum Gasteiger partial charge on any atom is -0.496 e. The summed E-state index contributed by atoms with van der Waals surface area (Å²) >= 11 is 0. The molecule has 0 heterocycles. The summed E-state index contributed by atoms with van der Waals surface area (Å²) in [4.78, 5) is 0. The number of methoxy groups -OCH3 is 1. The van der Waals surface area contributed by atoms with Gasteiger partial charge in [0, 0.05) is 11.6 Å². The predicted molar refractivity (Wildman–Crippen MR) is 62.7 cm³/mol. The molecule has 0 radical (unpaired) electrons. The molecule has 4 heteroatoms. The number of rotatable bonds is 5. The van der Waals surface area contributed by atoms with Gasteiger partial charge in [-0.2, -0.15) is 0 Å². The summed E-state index contributed by atoms with van der Waals surface area (Å²) in [5, 5.41) is 0. The van der Waals surface area contributed by atoms with Gasteiger partial charge in [-0.25, -0.2) is 4.39 Å². The van der Waals surface area contributed by atoms with Crippen molar-refractivity contribution < 1.29 is 9.13 Å². The van der Waals surface area contributed by atoms with Crippen molar-refractivity contribution >= 4 is 0 Å². The van der Waals surface area contributed by atoms with E-state index in [9.17, 15) is 4.39 Å². The maximum Gasteiger partial charge on any atom is 0.123 e. The van der Waals surface area contributed by atoms with Crippen LogP contribution in [0.25, 0.3) is 0 Å². The maximum atomic E-state index is 13.2. The Labute approximate surface area is 95.6 Å². The maximum absolute atomic E-state index is 13.2. The Balaban J connectivity index is 3.04. The molecule has 3 nitrogen and oxygen atoms in total. The molecule has 0 aliphatic rings. The Morgan fingerprint density at radius 1 is 1.44 bits per heavy atom. The number of hydrogen-bond donors (Lipinski definition) is 2. The monoisotopic (exact) mass is 226 g/mol. The zero-order chi connectivity index (χ0) is 12.1. The van der Waals surface area contributed by atoms with Crippen LogP contribution in [0.3, 0.4) is 0 Å². The van der Waals surface area contributed by atoms with Gasteiger partial charge in [0.25, 0.3) is 0 Å². The highest BCUT2D eigenvalue weighted by Gasteiger charge is 2.20. The highest BCUT2D eigenvalue weighted by atomic mass is 19.1. The molecule has 16 heavy (non-hydrogen) atoms. The fraction of sp³-hybridized carbons (Fsp3) is 0.500. The minimum absolute atomic E-state index is 0.135. The van der Waals surface area contributed by atoms with E-state index in [1.165, 1.54) is 12.1 Å². The van der Waals surface area contributed by atoms with Crippen molar-refractivity contribution in [2.45, 2.75) is 19.4 Å². The van der Waals surface area contributed by atoms with Crippen molar-refractivity contribution in [2.75, 3.05) is 13.7 Å². The fourth-order valence-electron chi connectivity index (χ4n) is 1.79. The molecule has 0 bridgehead atoms. The van der Waals surface area contributed by atoms with E-state index in [0.29, 0.717) is 17.9 Å². The van der Waals surface area contributed by atoms with Gasteiger partial charge in [0.2, 0.25) is 0 Å². The summed E-state index contributed by atoms with van der Waals surface area (Å²) in [6.07, 6.45) is 0.858. The molecule has 1 aromatic carbocycles. The third-order valence-electron chi connectivity index (χ3n) is 2.89. The summed E-state index contributed by atoms with van der Waals surface area (Å²) in [7, 11) is 1.55. The van der Waals surface area contributed by atoms with Crippen LogP contribution in [0.15, 0.2) is 18.2 Å². The van der Waals surface area contributed by atoms with Gasteiger partial charge in [-0.3, -0.25) is 0 Å². The normalized spacial score (nSPS) is 14.6. The Kier molecular flexibility index (Phi) is 4.71. The Bertz CT molecular complexity index is 340. The zero-order valence-electron chi connectivity index (χ0n) is 9.74. The van der Waals surface area contributed by atoms with E-state index < -0.39 is 0 Å². The molecule has 2 atom stereocenters. The van der Waals surface area contributed by atoms with Crippen LogP contribution < -0.4 is 16.2 Å². The summed E-state index contributed by atoms with van der Waals surface area (Å²) in [5.74, 6) is 0.439. The first kappa shape index (κ1) is 12.9. The summed E-state index contributed by atoms with van der Waals surface area (Å²) in [6, 6.07) is 4.08. The van der Waals surface area contributed by atoms with Crippen LogP contribution in [0.2, 0.25) is 0 Å². The van der Waals surface area contributed by atoms with Gasteiger partial charge in [-0.1, -0.05) is 13.3 Å². The molecule has 0 saturated heterocycles. The fourth-order valence-corrected chi connectivity index (χ4v) is 1.79. The minimum atomic E-state index is -0.307. The molecule has 90 valence electrons. The predicted octanol–water partition coefficient (Wildman–Crippen LogP) is 1.82. The average Bonchev–Trinajstić information content (AvgIpc) is 2.30. The van der Waals surface area contributed by atoms with Crippen molar-refractivity contribution in [1.82, 2.24) is 0 Å². The Morgan fingerprint density at radius 2 is 2.12 bits per heavy atom. The van der Waals surface area contributed by atoms with Crippen molar-refractivity contribution in [3.05, 3.63) is 29.6 Å². The summed E-state index contributed by atoms with van der Waals surface area (Å²) < 4.78 is 18.3. The molecule has 0 saturated carbocycles. The number of nitrogens with two attached hydrogens (primary N) is 2. The highest BCUT2D eigenvalue weighted by Crippen LogP contribution is 2.30. The molecular formula is C12H19FN2O. The topological polar surface area (TPSA) is 61.3 Å². The SMILES string of the molecule is CCC(CN)C(N)c1cc(F)ccc1OC. The quantitative estimate of drug-likeness (QED) is 0.805. The van der Waals surface area contributed by atoms with Crippen molar-refractivity contribution in [1.29, 1.82) is 0 Å².